The van der Waals surface area contributed by atoms with Crippen molar-refractivity contribution in [3.63, 3.8) is 0 Å². The van der Waals surface area contributed by atoms with E-state index in [0.717, 1.165) is 0 Å². The van der Waals surface area contributed by atoms with Gasteiger partial charge >= 0.3 is 0 Å². The second-order valence-corrected chi connectivity index (χ2v) is 6.49. The first-order valence-corrected chi connectivity index (χ1v) is 9.72. The summed E-state index contributed by atoms with van der Waals surface area (Å²) in [6.07, 6.45) is 1.46. The quantitative estimate of drug-likeness (QED) is 0.469. The third-order valence-electron chi connectivity index (χ3n) is 4.17. The highest BCUT2D eigenvalue weighted by Gasteiger charge is 2.14. The van der Waals surface area contributed by atoms with Crippen molar-refractivity contribution in [3.8, 4) is 11.6 Å². The Hall–Kier alpha value is -3.98. The molecule has 0 fully saturated rings. The van der Waals surface area contributed by atoms with Crippen molar-refractivity contribution in [1.29, 1.82) is 0 Å². The van der Waals surface area contributed by atoms with Crippen LogP contribution in [0.1, 0.15) is 10.4 Å². The topological polar surface area (TPSA) is 98.8 Å². The summed E-state index contributed by atoms with van der Waals surface area (Å²) in [7, 11) is 1.58. The van der Waals surface area contributed by atoms with Gasteiger partial charge in [-0.25, -0.2) is 9.37 Å². The van der Waals surface area contributed by atoms with E-state index in [1.54, 1.807) is 49.6 Å². The monoisotopic (exact) mass is 439 g/mol. The molecule has 9 heteroatoms. The van der Waals surface area contributed by atoms with Gasteiger partial charge in [0.1, 0.15) is 18.2 Å². The number of aromatic nitrogens is 1. The van der Waals surface area contributed by atoms with Crippen LogP contribution in [0, 0.1) is 5.82 Å². The molecule has 0 aliphatic carbocycles. The number of carbonyl (C=O) groups is 2. The van der Waals surface area contributed by atoms with E-state index in [1.165, 1.54) is 24.4 Å². The smallest absolute Gasteiger partial charge is 0.262 e. The maximum atomic E-state index is 13.7. The lowest BCUT2D eigenvalue weighted by atomic mass is 10.2. The highest BCUT2D eigenvalue weighted by Crippen LogP contribution is 2.21. The highest BCUT2D eigenvalue weighted by molar-refractivity contribution is 6.06. The number of anilines is 2. The van der Waals surface area contributed by atoms with Crippen LogP contribution in [-0.2, 0) is 9.53 Å². The first kappa shape index (κ1) is 22.7. The van der Waals surface area contributed by atoms with Crippen molar-refractivity contribution >= 4 is 23.2 Å². The summed E-state index contributed by atoms with van der Waals surface area (Å²) < 4.78 is 29.5. The average Bonchev–Trinajstić information content (AvgIpc) is 2.81. The zero-order chi connectivity index (χ0) is 22.8. The van der Waals surface area contributed by atoms with Crippen molar-refractivity contribution in [1.82, 2.24) is 4.98 Å². The van der Waals surface area contributed by atoms with Crippen LogP contribution in [-0.4, -0.2) is 43.7 Å². The van der Waals surface area contributed by atoms with Gasteiger partial charge in [-0.05, 0) is 30.3 Å². The number of ether oxygens (including phenoxy) is 3. The number of halogens is 1. The Balaban J connectivity index is 1.58. The molecule has 0 aliphatic heterocycles. The molecule has 1 aromatic heterocycles. The van der Waals surface area contributed by atoms with E-state index in [4.69, 9.17) is 14.2 Å². The predicted molar refractivity (Wildman–Crippen MR) is 117 cm³/mol. The van der Waals surface area contributed by atoms with Gasteiger partial charge in [-0.15, -0.1) is 0 Å². The lowest BCUT2D eigenvalue weighted by molar-refractivity contribution is -0.118. The standard InChI is InChI=1S/C23H22FN3O5/c1-30-12-13-31-22-11-10-16(14-25-22)26-23(29)17-6-2-5-9-20(17)32-15-21(28)27-19-8-4-3-7-18(19)24/h2-11,14H,12-13,15H2,1H3,(H,26,29)(H,27,28). The van der Waals surface area contributed by atoms with Crippen LogP contribution in [0.4, 0.5) is 15.8 Å². The number of carbonyl (C=O) groups excluding carboxylic acids is 2. The Morgan fingerprint density at radius 3 is 2.47 bits per heavy atom. The molecule has 0 atom stereocenters. The molecular weight excluding hydrogens is 417 g/mol. The summed E-state index contributed by atoms with van der Waals surface area (Å²) in [5.74, 6) is -0.932. The lowest BCUT2D eigenvalue weighted by Gasteiger charge is -2.12. The van der Waals surface area contributed by atoms with Crippen LogP contribution in [0.5, 0.6) is 11.6 Å². The fourth-order valence-electron chi connectivity index (χ4n) is 2.64. The van der Waals surface area contributed by atoms with Crippen LogP contribution in [0.3, 0.4) is 0 Å². The maximum absolute atomic E-state index is 13.7. The summed E-state index contributed by atoms with van der Waals surface area (Å²) in [6, 6.07) is 15.6. The molecule has 1 heterocycles. The fourth-order valence-corrected chi connectivity index (χ4v) is 2.64. The number of rotatable bonds is 10. The molecule has 166 valence electrons. The summed E-state index contributed by atoms with van der Waals surface area (Å²) in [4.78, 5) is 28.9. The van der Waals surface area contributed by atoms with E-state index in [2.05, 4.69) is 15.6 Å². The first-order valence-electron chi connectivity index (χ1n) is 9.72. The molecule has 32 heavy (non-hydrogen) atoms. The SMILES string of the molecule is COCCOc1ccc(NC(=O)c2ccccc2OCC(=O)Nc2ccccc2F)cn1. The molecule has 0 aliphatic rings. The zero-order valence-electron chi connectivity index (χ0n) is 17.3. The van der Waals surface area contributed by atoms with Crippen molar-refractivity contribution in [3.05, 3.63) is 78.2 Å². The molecule has 0 bridgehead atoms. The number of hydrogen-bond donors (Lipinski definition) is 2. The van der Waals surface area contributed by atoms with E-state index in [0.29, 0.717) is 24.8 Å². The largest absolute Gasteiger partial charge is 0.483 e. The maximum Gasteiger partial charge on any atom is 0.262 e. The summed E-state index contributed by atoms with van der Waals surface area (Å²) in [5, 5.41) is 5.14. The van der Waals surface area contributed by atoms with Gasteiger partial charge in [-0.3, -0.25) is 9.59 Å². The minimum atomic E-state index is -0.557. The second kappa shape index (κ2) is 11.4. The molecule has 3 aromatic rings. The predicted octanol–water partition coefficient (Wildman–Crippen LogP) is 3.52. The van der Waals surface area contributed by atoms with Crippen molar-refractivity contribution in [2.75, 3.05) is 37.6 Å². The van der Waals surface area contributed by atoms with Crippen LogP contribution in [0.15, 0.2) is 66.9 Å². The van der Waals surface area contributed by atoms with Crippen molar-refractivity contribution < 1.29 is 28.2 Å². The van der Waals surface area contributed by atoms with E-state index >= 15 is 0 Å². The first-order chi connectivity index (χ1) is 15.6. The summed E-state index contributed by atoms with van der Waals surface area (Å²) in [5.41, 5.74) is 0.738. The van der Waals surface area contributed by atoms with Crippen LogP contribution in [0.25, 0.3) is 0 Å². The van der Waals surface area contributed by atoms with Gasteiger partial charge in [0.2, 0.25) is 5.88 Å². The Kier molecular flexibility index (Phi) is 8.10. The Labute approximate surface area is 184 Å². The van der Waals surface area contributed by atoms with Crippen LogP contribution in [0.2, 0.25) is 0 Å². The minimum absolute atomic E-state index is 0.0503. The molecule has 0 spiro atoms. The van der Waals surface area contributed by atoms with Gasteiger partial charge in [-0.2, -0.15) is 0 Å². The van der Waals surface area contributed by atoms with Crippen LogP contribution >= 0.6 is 0 Å². The van der Waals surface area contributed by atoms with Crippen molar-refractivity contribution in [2.45, 2.75) is 0 Å². The molecule has 0 unspecified atom stereocenters. The number of nitrogens with zero attached hydrogens (tertiary/aromatic N) is 1. The minimum Gasteiger partial charge on any atom is -0.483 e. The molecule has 8 nitrogen and oxygen atoms in total. The molecule has 0 saturated heterocycles. The third-order valence-corrected chi connectivity index (χ3v) is 4.17. The number of amides is 2. The molecular formula is C23H22FN3O5. The molecule has 2 N–H and O–H groups in total. The fraction of sp³-hybridized carbons (Fsp3) is 0.174. The normalized spacial score (nSPS) is 10.3. The van der Waals surface area contributed by atoms with E-state index in [9.17, 15) is 14.0 Å². The lowest BCUT2D eigenvalue weighted by Crippen LogP contribution is -2.22. The van der Waals surface area contributed by atoms with Crippen molar-refractivity contribution in [2.24, 2.45) is 0 Å². The van der Waals surface area contributed by atoms with E-state index in [-0.39, 0.29) is 17.0 Å². The van der Waals surface area contributed by atoms with Gasteiger partial charge in [0, 0.05) is 13.2 Å². The molecule has 0 radical (unpaired) electrons. The molecule has 2 aromatic carbocycles. The second-order valence-electron chi connectivity index (χ2n) is 6.49. The summed E-state index contributed by atoms with van der Waals surface area (Å²) in [6.45, 7) is 0.410. The number of pyridine rings is 1. The molecule has 2 amide bonds. The van der Waals surface area contributed by atoms with Crippen LogP contribution < -0.4 is 20.1 Å². The zero-order valence-corrected chi connectivity index (χ0v) is 17.3. The van der Waals surface area contributed by atoms with Gasteiger partial charge in [0.15, 0.2) is 6.61 Å². The number of hydrogen-bond acceptors (Lipinski definition) is 6. The third kappa shape index (κ3) is 6.51. The number of benzene rings is 2. The highest BCUT2D eigenvalue weighted by atomic mass is 19.1. The summed E-state index contributed by atoms with van der Waals surface area (Å²) >= 11 is 0. The molecule has 3 rings (SSSR count). The Bertz CT molecular complexity index is 1060. The van der Waals surface area contributed by atoms with Gasteiger partial charge in [-0.1, -0.05) is 24.3 Å². The number of nitrogens with one attached hydrogen (secondary N) is 2. The van der Waals surface area contributed by atoms with E-state index < -0.39 is 24.2 Å². The van der Waals surface area contributed by atoms with Gasteiger partial charge < -0.3 is 24.8 Å². The number of methoxy groups -OCH3 is 1. The molecule has 0 saturated carbocycles. The Morgan fingerprint density at radius 2 is 1.72 bits per heavy atom. The van der Waals surface area contributed by atoms with E-state index in [1.807, 2.05) is 0 Å². The number of para-hydroxylation sites is 2. The Morgan fingerprint density at radius 1 is 0.938 bits per heavy atom. The van der Waals surface area contributed by atoms with Gasteiger partial charge in [0.25, 0.3) is 11.8 Å². The average molecular weight is 439 g/mol. The van der Waals surface area contributed by atoms with Gasteiger partial charge in [0.05, 0.1) is 29.7 Å².